The third-order valence-electron chi connectivity index (χ3n) is 0.681. The molecule has 0 aliphatic heterocycles. The topological polar surface area (TPSA) is 92.4 Å². The molecule has 0 saturated heterocycles. The van der Waals surface area contributed by atoms with Gasteiger partial charge in [-0.05, 0) is 6.92 Å². The molecule has 0 aromatic heterocycles. The molecular weight excluding hydrogens is 168 g/mol. The third kappa shape index (κ3) is 7.14. The fraction of sp³-hybridized carbons (Fsp3) is 0.600. The first-order chi connectivity index (χ1) is 5.02. The number of hydrogen-bond acceptors (Lipinski definition) is 4. The standard InChI is InChI=1S/C5H10N2O3S/c1-3(8)2-11-5(10)7-4(6)9/h3,8H,2H2,1H3,(H3,6,7,9,10). The van der Waals surface area contributed by atoms with Crippen molar-refractivity contribution in [3.63, 3.8) is 0 Å². The van der Waals surface area contributed by atoms with E-state index in [0.717, 1.165) is 11.8 Å². The number of primary amides is 1. The van der Waals surface area contributed by atoms with E-state index < -0.39 is 17.4 Å². The Morgan fingerprint density at radius 3 is 2.64 bits per heavy atom. The highest BCUT2D eigenvalue weighted by atomic mass is 32.2. The molecule has 64 valence electrons. The van der Waals surface area contributed by atoms with E-state index in [1.807, 2.05) is 5.32 Å². The molecule has 6 heteroatoms. The van der Waals surface area contributed by atoms with Crippen molar-refractivity contribution in [3.8, 4) is 0 Å². The van der Waals surface area contributed by atoms with Gasteiger partial charge in [0.15, 0.2) is 0 Å². The Hall–Kier alpha value is -0.750. The van der Waals surface area contributed by atoms with Crippen molar-refractivity contribution in [2.75, 3.05) is 5.75 Å². The zero-order valence-electron chi connectivity index (χ0n) is 6.03. The smallest absolute Gasteiger partial charge is 0.319 e. The van der Waals surface area contributed by atoms with Gasteiger partial charge in [0.2, 0.25) is 0 Å². The van der Waals surface area contributed by atoms with E-state index >= 15 is 0 Å². The number of nitrogens with two attached hydrogens (primary N) is 1. The Morgan fingerprint density at radius 2 is 2.27 bits per heavy atom. The number of carbonyl (C=O) groups is 2. The van der Waals surface area contributed by atoms with Gasteiger partial charge in [-0.15, -0.1) is 0 Å². The molecule has 0 aliphatic rings. The number of urea groups is 1. The summed E-state index contributed by atoms with van der Waals surface area (Å²) in [5.41, 5.74) is 4.65. The lowest BCUT2D eigenvalue weighted by Crippen LogP contribution is -2.32. The summed E-state index contributed by atoms with van der Waals surface area (Å²) in [4.78, 5) is 20.7. The number of rotatable bonds is 2. The van der Waals surface area contributed by atoms with E-state index in [2.05, 4.69) is 5.73 Å². The van der Waals surface area contributed by atoms with Gasteiger partial charge in [0.25, 0.3) is 5.24 Å². The van der Waals surface area contributed by atoms with Crippen LogP contribution in [-0.2, 0) is 0 Å². The van der Waals surface area contributed by atoms with Crippen LogP contribution >= 0.6 is 11.8 Å². The Morgan fingerprint density at radius 1 is 1.73 bits per heavy atom. The van der Waals surface area contributed by atoms with Crippen LogP contribution in [0.2, 0.25) is 0 Å². The summed E-state index contributed by atoms with van der Waals surface area (Å²) in [6.07, 6.45) is -0.571. The normalized spacial score (nSPS) is 12.2. The van der Waals surface area contributed by atoms with Crippen molar-refractivity contribution in [2.45, 2.75) is 13.0 Å². The number of aliphatic hydroxyl groups is 1. The fourth-order valence-electron chi connectivity index (χ4n) is 0.333. The maximum Gasteiger partial charge on any atom is 0.319 e. The van der Waals surface area contributed by atoms with Crippen LogP contribution in [-0.4, -0.2) is 28.2 Å². The highest BCUT2D eigenvalue weighted by molar-refractivity contribution is 8.13. The van der Waals surface area contributed by atoms with E-state index in [4.69, 9.17) is 5.11 Å². The molecule has 0 saturated carbocycles. The van der Waals surface area contributed by atoms with Gasteiger partial charge in [-0.3, -0.25) is 10.1 Å². The van der Waals surface area contributed by atoms with Crippen molar-refractivity contribution in [2.24, 2.45) is 5.73 Å². The van der Waals surface area contributed by atoms with E-state index in [1.54, 1.807) is 6.92 Å². The third-order valence-corrected chi connectivity index (χ3v) is 1.69. The van der Waals surface area contributed by atoms with E-state index in [9.17, 15) is 9.59 Å². The molecule has 3 amide bonds. The second-order valence-electron chi connectivity index (χ2n) is 1.94. The molecule has 1 unspecified atom stereocenters. The zero-order chi connectivity index (χ0) is 8.85. The lowest BCUT2D eigenvalue weighted by atomic mass is 10.5. The molecule has 1 atom stereocenters. The second kappa shape index (κ2) is 4.97. The van der Waals surface area contributed by atoms with Crippen LogP contribution in [0.4, 0.5) is 9.59 Å². The second-order valence-corrected chi connectivity index (χ2v) is 2.93. The minimum Gasteiger partial charge on any atom is -0.393 e. The van der Waals surface area contributed by atoms with Crippen molar-refractivity contribution >= 4 is 23.0 Å². The van der Waals surface area contributed by atoms with E-state index in [-0.39, 0.29) is 5.75 Å². The predicted molar refractivity (Wildman–Crippen MR) is 42.3 cm³/mol. The lowest BCUT2D eigenvalue weighted by molar-refractivity contribution is 0.219. The molecule has 0 bridgehead atoms. The average Bonchev–Trinajstić information content (AvgIpc) is 1.82. The minimum atomic E-state index is -0.881. The van der Waals surface area contributed by atoms with Crippen molar-refractivity contribution in [1.29, 1.82) is 0 Å². The number of thioether (sulfide) groups is 1. The number of imide groups is 1. The number of amides is 3. The van der Waals surface area contributed by atoms with Crippen LogP contribution < -0.4 is 11.1 Å². The molecule has 4 N–H and O–H groups in total. The molecule has 0 aromatic rings. The molecule has 0 aliphatic carbocycles. The molecule has 0 spiro atoms. The summed E-state index contributed by atoms with van der Waals surface area (Å²) in [6.45, 7) is 1.55. The monoisotopic (exact) mass is 178 g/mol. The Labute approximate surface area is 68.3 Å². The summed E-state index contributed by atoms with van der Waals surface area (Å²) in [6, 6.07) is -0.881. The summed E-state index contributed by atoms with van der Waals surface area (Å²) >= 11 is 0.812. The first-order valence-electron chi connectivity index (χ1n) is 2.93. The van der Waals surface area contributed by atoms with E-state index in [0.29, 0.717) is 0 Å². The number of carbonyl (C=O) groups excluding carboxylic acids is 2. The average molecular weight is 178 g/mol. The molecule has 11 heavy (non-hydrogen) atoms. The van der Waals surface area contributed by atoms with Crippen LogP contribution in [0, 0.1) is 0 Å². The molecule has 0 rings (SSSR count). The first-order valence-corrected chi connectivity index (χ1v) is 3.92. The van der Waals surface area contributed by atoms with Gasteiger partial charge in [0.1, 0.15) is 0 Å². The van der Waals surface area contributed by atoms with Gasteiger partial charge in [0, 0.05) is 5.75 Å². The van der Waals surface area contributed by atoms with Crippen LogP contribution in [0.15, 0.2) is 0 Å². The molecule has 5 nitrogen and oxygen atoms in total. The maximum absolute atomic E-state index is 10.6. The predicted octanol–water partition coefficient (Wildman–Crippen LogP) is -0.111. The summed E-state index contributed by atoms with van der Waals surface area (Å²) in [5.74, 6) is 0.249. The van der Waals surface area contributed by atoms with E-state index in [1.165, 1.54) is 0 Å². The number of aliphatic hydroxyl groups excluding tert-OH is 1. The number of hydrogen-bond donors (Lipinski definition) is 3. The van der Waals surface area contributed by atoms with Gasteiger partial charge < -0.3 is 10.8 Å². The summed E-state index contributed by atoms with van der Waals surface area (Å²) in [7, 11) is 0. The van der Waals surface area contributed by atoms with Gasteiger partial charge >= 0.3 is 6.03 Å². The Kier molecular flexibility index (Phi) is 4.64. The first kappa shape index (κ1) is 10.2. The minimum absolute atomic E-state index is 0.249. The Balaban J connectivity index is 3.46. The SMILES string of the molecule is CC(O)CSC(=O)NC(N)=O. The molecule has 0 aromatic carbocycles. The lowest BCUT2D eigenvalue weighted by Gasteiger charge is -2.01. The van der Waals surface area contributed by atoms with Crippen molar-refractivity contribution in [3.05, 3.63) is 0 Å². The quantitative estimate of drug-likeness (QED) is 0.550. The van der Waals surface area contributed by atoms with Gasteiger partial charge in [-0.2, -0.15) is 0 Å². The van der Waals surface area contributed by atoms with Gasteiger partial charge in [-0.25, -0.2) is 4.79 Å². The molecule has 0 fully saturated rings. The molecule has 0 heterocycles. The summed E-state index contributed by atoms with van der Waals surface area (Å²) < 4.78 is 0. The fourth-order valence-corrected chi connectivity index (χ4v) is 0.898. The number of nitrogens with one attached hydrogen (secondary N) is 1. The van der Waals surface area contributed by atoms with Crippen LogP contribution in [0.5, 0.6) is 0 Å². The van der Waals surface area contributed by atoms with Crippen molar-refractivity contribution in [1.82, 2.24) is 5.32 Å². The van der Waals surface area contributed by atoms with Crippen LogP contribution in [0.3, 0.4) is 0 Å². The molecule has 0 radical (unpaired) electrons. The van der Waals surface area contributed by atoms with Crippen LogP contribution in [0.25, 0.3) is 0 Å². The van der Waals surface area contributed by atoms with Crippen molar-refractivity contribution < 1.29 is 14.7 Å². The highest BCUT2D eigenvalue weighted by Crippen LogP contribution is 2.02. The maximum atomic E-state index is 10.6. The van der Waals surface area contributed by atoms with Gasteiger partial charge in [0.05, 0.1) is 6.10 Å². The largest absolute Gasteiger partial charge is 0.393 e. The van der Waals surface area contributed by atoms with Gasteiger partial charge in [-0.1, -0.05) is 11.8 Å². The Bertz CT molecular complexity index is 160. The summed E-state index contributed by atoms with van der Waals surface area (Å²) in [5, 5.41) is 10.0. The highest BCUT2D eigenvalue weighted by Gasteiger charge is 2.05. The molecular formula is C5H10N2O3S. The zero-order valence-corrected chi connectivity index (χ0v) is 6.85. The van der Waals surface area contributed by atoms with Crippen LogP contribution in [0.1, 0.15) is 6.92 Å².